The van der Waals surface area contributed by atoms with Crippen molar-refractivity contribution in [3.05, 3.63) is 50.5 Å². The summed E-state index contributed by atoms with van der Waals surface area (Å²) in [6.07, 6.45) is 0. The minimum Gasteiger partial charge on any atom is -0.497 e. The van der Waals surface area contributed by atoms with E-state index in [0.29, 0.717) is 27.7 Å². The number of rotatable bonds is 4. The first kappa shape index (κ1) is 18.6. The number of methoxy groups -OCH3 is 3. The molecule has 1 aromatic heterocycles. The topological polar surface area (TPSA) is 104 Å². The van der Waals surface area contributed by atoms with Crippen LogP contribution >= 0.6 is 11.3 Å². The Bertz CT molecular complexity index is 987. The molecule has 8 heteroatoms. The summed E-state index contributed by atoms with van der Waals surface area (Å²) < 4.78 is 21.3. The van der Waals surface area contributed by atoms with Gasteiger partial charge in [-0.25, -0.2) is 4.79 Å². The zero-order valence-electron chi connectivity index (χ0n) is 15.3. The minimum atomic E-state index is -0.526. The molecule has 0 saturated heterocycles. The van der Waals surface area contributed by atoms with E-state index in [-0.39, 0.29) is 11.5 Å². The average Bonchev–Trinajstić information content (AvgIpc) is 3.01. The van der Waals surface area contributed by atoms with E-state index in [4.69, 9.17) is 24.7 Å². The van der Waals surface area contributed by atoms with Crippen LogP contribution in [0.5, 0.6) is 17.2 Å². The Balaban J connectivity index is 2.27. The molecule has 7 nitrogen and oxygen atoms in total. The molecule has 140 valence electrons. The molecule has 1 aliphatic heterocycles. The monoisotopic (exact) mass is 386 g/mol. The number of hydrogen-bond donors (Lipinski definition) is 1. The van der Waals surface area contributed by atoms with Crippen LogP contribution < -0.4 is 19.9 Å². The summed E-state index contributed by atoms with van der Waals surface area (Å²) >= 11 is 1.36. The smallest absolute Gasteiger partial charge is 0.342 e. The fourth-order valence-corrected chi connectivity index (χ4v) is 4.29. The molecule has 0 fully saturated rings. The summed E-state index contributed by atoms with van der Waals surface area (Å²) in [7, 11) is 4.40. The lowest BCUT2D eigenvalue weighted by molar-refractivity contribution is 0.0597. The van der Waals surface area contributed by atoms with E-state index < -0.39 is 11.9 Å². The largest absolute Gasteiger partial charge is 0.497 e. The van der Waals surface area contributed by atoms with E-state index in [1.165, 1.54) is 25.6 Å². The summed E-state index contributed by atoms with van der Waals surface area (Å²) in [6.45, 7) is 1.79. The standard InChI is InChI=1S/C19H18N2O5S/c1-9-14(19(22)25-4)16-17(27-9)15(12(8-20)18(21)26-16)11-6-5-10(23-2)7-13(11)24-3/h5-7,15H,21H2,1-4H3/t15-/m1/s1. The van der Waals surface area contributed by atoms with Gasteiger partial charge in [0.05, 0.1) is 32.1 Å². The Morgan fingerprint density at radius 1 is 1.30 bits per heavy atom. The number of nitrogens with zero attached hydrogens (tertiary/aromatic N) is 1. The van der Waals surface area contributed by atoms with Crippen molar-refractivity contribution in [1.29, 1.82) is 5.26 Å². The number of nitriles is 1. The SMILES string of the molecule is COC(=O)c1c(C)sc2c1OC(N)=C(C#N)[C@H]2c1ccc(OC)cc1OC. The van der Waals surface area contributed by atoms with Gasteiger partial charge in [-0.3, -0.25) is 0 Å². The van der Waals surface area contributed by atoms with Gasteiger partial charge in [-0.05, 0) is 13.0 Å². The number of ether oxygens (including phenoxy) is 4. The van der Waals surface area contributed by atoms with Crippen molar-refractivity contribution in [3.63, 3.8) is 0 Å². The maximum Gasteiger partial charge on any atom is 0.342 e. The quantitative estimate of drug-likeness (QED) is 0.805. The number of aryl methyl sites for hydroxylation is 1. The Morgan fingerprint density at radius 3 is 2.63 bits per heavy atom. The van der Waals surface area contributed by atoms with Gasteiger partial charge in [-0.15, -0.1) is 11.3 Å². The third-order valence-corrected chi connectivity index (χ3v) is 5.51. The molecule has 0 aliphatic carbocycles. The fourth-order valence-electron chi connectivity index (χ4n) is 3.09. The third kappa shape index (κ3) is 2.96. The number of fused-ring (bicyclic) bond motifs is 1. The maximum absolute atomic E-state index is 12.2. The van der Waals surface area contributed by atoms with E-state index in [9.17, 15) is 10.1 Å². The number of carbonyl (C=O) groups excluding carboxylic acids is 1. The average molecular weight is 386 g/mol. The molecule has 1 atom stereocenters. The lowest BCUT2D eigenvalue weighted by atomic mass is 9.87. The van der Waals surface area contributed by atoms with Gasteiger partial charge in [0.25, 0.3) is 0 Å². The Labute approximate surface area is 160 Å². The molecule has 2 N–H and O–H groups in total. The molecule has 2 heterocycles. The van der Waals surface area contributed by atoms with Gasteiger partial charge in [0.15, 0.2) is 5.75 Å². The lowest BCUT2D eigenvalue weighted by Crippen LogP contribution is -2.21. The number of allylic oxidation sites excluding steroid dienone is 1. The van der Waals surface area contributed by atoms with Crippen LogP contribution in [0.15, 0.2) is 29.7 Å². The van der Waals surface area contributed by atoms with Crippen LogP contribution in [-0.4, -0.2) is 27.3 Å². The van der Waals surface area contributed by atoms with Crippen LogP contribution in [0.25, 0.3) is 0 Å². The molecule has 0 bridgehead atoms. The molecule has 0 amide bonds. The Kier molecular flexibility index (Phi) is 4.97. The van der Waals surface area contributed by atoms with Gasteiger partial charge in [0, 0.05) is 16.5 Å². The zero-order valence-corrected chi connectivity index (χ0v) is 16.1. The molecule has 27 heavy (non-hydrogen) atoms. The number of carbonyl (C=O) groups is 1. The summed E-state index contributed by atoms with van der Waals surface area (Å²) in [5.41, 5.74) is 7.31. The van der Waals surface area contributed by atoms with Crippen molar-refractivity contribution < 1.29 is 23.7 Å². The normalized spacial score (nSPS) is 15.4. The van der Waals surface area contributed by atoms with E-state index in [1.807, 2.05) is 6.07 Å². The first-order chi connectivity index (χ1) is 13.0. The van der Waals surface area contributed by atoms with Crippen molar-refractivity contribution >= 4 is 17.3 Å². The van der Waals surface area contributed by atoms with Gasteiger partial charge < -0.3 is 24.7 Å². The highest BCUT2D eigenvalue weighted by molar-refractivity contribution is 7.12. The van der Waals surface area contributed by atoms with Crippen LogP contribution in [0.4, 0.5) is 0 Å². The van der Waals surface area contributed by atoms with Crippen LogP contribution in [0.1, 0.15) is 31.6 Å². The van der Waals surface area contributed by atoms with Crippen LogP contribution in [0.2, 0.25) is 0 Å². The molecule has 1 aromatic carbocycles. The Morgan fingerprint density at radius 2 is 2.04 bits per heavy atom. The third-order valence-electron chi connectivity index (χ3n) is 4.36. The van der Waals surface area contributed by atoms with Gasteiger partial charge in [-0.2, -0.15) is 5.26 Å². The molecule has 0 saturated carbocycles. The van der Waals surface area contributed by atoms with Gasteiger partial charge in [-0.1, -0.05) is 6.07 Å². The second kappa shape index (κ2) is 7.21. The van der Waals surface area contributed by atoms with Gasteiger partial charge in [0.1, 0.15) is 28.7 Å². The zero-order chi connectivity index (χ0) is 19.7. The highest BCUT2D eigenvalue weighted by Crippen LogP contribution is 2.51. The molecule has 0 spiro atoms. The second-order valence-corrected chi connectivity index (χ2v) is 7.01. The molecule has 2 aromatic rings. The number of benzene rings is 1. The molecule has 0 unspecified atom stereocenters. The summed E-state index contributed by atoms with van der Waals surface area (Å²) in [6, 6.07) is 7.45. The van der Waals surface area contributed by atoms with E-state index in [1.54, 1.807) is 26.2 Å². The second-order valence-electron chi connectivity index (χ2n) is 5.75. The minimum absolute atomic E-state index is 0.0455. The van der Waals surface area contributed by atoms with Crippen molar-refractivity contribution in [3.8, 4) is 23.3 Å². The van der Waals surface area contributed by atoms with Crippen molar-refractivity contribution in [2.45, 2.75) is 12.8 Å². The van der Waals surface area contributed by atoms with E-state index in [2.05, 4.69) is 6.07 Å². The first-order valence-corrected chi connectivity index (χ1v) is 8.79. The van der Waals surface area contributed by atoms with E-state index in [0.717, 1.165) is 10.4 Å². The molecule has 3 rings (SSSR count). The number of hydrogen-bond acceptors (Lipinski definition) is 8. The molecular weight excluding hydrogens is 368 g/mol. The van der Waals surface area contributed by atoms with Crippen molar-refractivity contribution in [2.24, 2.45) is 5.73 Å². The fraction of sp³-hybridized carbons (Fsp3) is 0.263. The molecule has 0 radical (unpaired) electrons. The van der Waals surface area contributed by atoms with Crippen LogP contribution in [0.3, 0.4) is 0 Å². The molecular formula is C19H18N2O5S. The van der Waals surface area contributed by atoms with Crippen molar-refractivity contribution in [2.75, 3.05) is 21.3 Å². The number of thiophene rings is 1. The predicted molar refractivity (Wildman–Crippen MR) is 99.2 cm³/mol. The highest BCUT2D eigenvalue weighted by Gasteiger charge is 2.38. The van der Waals surface area contributed by atoms with Crippen molar-refractivity contribution in [1.82, 2.24) is 0 Å². The molecule has 1 aliphatic rings. The summed E-state index contributed by atoms with van der Waals surface area (Å²) in [4.78, 5) is 13.6. The van der Waals surface area contributed by atoms with Crippen LogP contribution in [0, 0.1) is 18.3 Å². The lowest BCUT2D eigenvalue weighted by Gasteiger charge is -2.25. The highest BCUT2D eigenvalue weighted by atomic mass is 32.1. The predicted octanol–water partition coefficient (Wildman–Crippen LogP) is 3.08. The van der Waals surface area contributed by atoms with Crippen LogP contribution in [-0.2, 0) is 4.74 Å². The van der Waals surface area contributed by atoms with Gasteiger partial charge in [0.2, 0.25) is 5.88 Å². The first-order valence-electron chi connectivity index (χ1n) is 7.97. The summed E-state index contributed by atoms with van der Waals surface area (Å²) in [5.74, 6) is 0.397. The number of nitrogens with two attached hydrogens (primary N) is 1. The van der Waals surface area contributed by atoms with E-state index >= 15 is 0 Å². The Hall–Kier alpha value is -3.18. The van der Waals surface area contributed by atoms with Gasteiger partial charge >= 0.3 is 5.97 Å². The summed E-state index contributed by atoms with van der Waals surface area (Å²) in [5, 5.41) is 9.69. The maximum atomic E-state index is 12.2. The number of esters is 1.